The van der Waals surface area contributed by atoms with Crippen molar-refractivity contribution >= 4 is 16.7 Å². The molecule has 1 aromatic heterocycles. The Morgan fingerprint density at radius 2 is 1.88 bits per heavy atom. The van der Waals surface area contributed by atoms with Crippen LogP contribution in [0.1, 0.15) is 12.5 Å². The molecule has 0 aliphatic heterocycles. The van der Waals surface area contributed by atoms with Crippen molar-refractivity contribution in [3.8, 4) is 0 Å². The first-order chi connectivity index (χ1) is 8.08. The van der Waals surface area contributed by atoms with E-state index in [1.807, 2.05) is 6.92 Å². The fourth-order valence-corrected chi connectivity index (χ4v) is 1.76. The van der Waals surface area contributed by atoms with Crippen LogP contribution in [-0.4, -0.2) is 12.0 Å². The summed E-state index contributed by atoms with van der Waals surface area (Å²) in [6.45, 7) is 1.88. The molecule has 1 heterocycles. The molecule has 0 bridgehead atoms. The second-order valence-corrected chi connectivity index (χ2v) is 3.65. The molecule has 2 rings (SSSR count). The predicted molar refractivity (Wildman–Crippen MR) is 60.5 cm³/mol. The Balaban J connectivity index is 2.87. The maximum absolute atomic E-state index is 13.5. The van der Waals surface area contributed by atoms with Gasteiger partial charge in [0, 0.05) is 18.5 Å². The van der Waals surface area contributed by atoms with Crippen LogP contribution in [0.4, 0.5) is 19.0 Å². The molecule has 0 fully saturated rings. The van der Waals surface area contributed by atoms with E-state index in [9.17, 15) is 13.2 Å². The third-order valence-corrected chi connectivity index (χ3v) is 2.65. The zero-order valence-corrected chi connectivity index (χ0v) is 9.44. The normalized spacial score (nSPS) is 10.9. The summed E-state index contributed by atoms with van der Waals surface area (Å²) in [6, 6.07) is 2.03. The van der Waals surface area contributed by atoms with Crippen molar-refractivity contribution < 1.29 is 13.2 Å². The highest BCUT2D eigenvalue weighted by atomic mass is 19.2. The number of aryl methyl sites for hydroxylation is 1. The van der Waals surface area contributed by atoms with E-state index in [0.29, 0.717) is 18.3 Å². The number of nitrogens with one attached hydrogen (secondary N) is 1. The topological polar surface area (TPSA) is 24.9 Å². The highest BCUT2D eigenvalue weighted by Crippen LogP contribution is 2.26. The van der Waals surface area contributed by atoms with Crippen LogP contribution in [0.2, 0.25) is 0 Å². The van der Waals surface area contributed by atoms with Crippen LogP contribution in [0.5, 0.6) is 0 Å². The number of hydrogen-bond acceptors (Lipinski definition) is 2. The number of nitrogens with zero attached hydrogens (tertiary/aromatic N) is 1. The highest BCUT2D eigenvalue weighted by Gasteiger charge is 2.15. The lowest BCUT2D eigenvalue weighted by Gasteiger charge is -2.09. The zero-order valence-electron chi connectivity index (χ0n) is 9.44. The SMILES string of the molecule is CCc1cc2c(F)cc(F)c(F)c2nc1NC. The van der Waals surface area contributed by atoms with Crippen molar-refractivity contribution in [2.45, 2.75) is 13.3 Å². The first kappa shape index (κ1) is 11.7. The monoisotopic (exact) mass is 240 g/mol. The van der Waals surface area contributed by atoms with Gasteiger partial charge in [-0.1, -0.05) is 6.92 Å². The number of hydrogen-bond donors (Lipinski definition) is 1. The summed E-state index contributed by atoms with van der Waals surface area (Å²) in [5, 5.41) is 2.78. The molecule has 0 aliphatic rings. The van der Waals surface area contributed by atoms with Gasteiger partial charge in [0.15, 0.2) is 11.6 Å². The van der Waals surface area contributed by atoms with Gasteiger partial charge in [-0.25, -0.2) is 18.2 Å². The van der Waals surface area contributed by atoms with Gasteiger partial charge in [-0.2, -0.15) is 0 Å². The fraction of sp³-hybridized carbons (Fsp3) is 0.250. The molecule has 1 aromatic carbocycles. The molecule has 1 N–H and O–H groups in total. The summed E-state index contributed by atoms with van der Waals surface area (Å²) >= 11 is 0. The molecule has 2 aromatic rings. The van der Waals surface area contributed by atoms with Gasteiger partial charge in [-0.15, -0.1) is 0 Å². The lowest BCUT2D eigenvalue weighted by Crippen LogP contribution is -2.01. The second-order valence-electron chi connectivity index (χ2n) is 3.65. The van der Waals surface area contributed by atoms with Crippen molar-refractivity contribution in [2.75, 3.05) is 12.4 Å². The van der Waals surface area contributed by atoms with Crippen molar-refractivity contribution in [2.24, 2.45) is 0 Å². The van der Waals surface area contributed by atoms with Gasteiger partial charge in [0.2, 0.25) is 0 Å². The number of anilines is 1. The van der Waals surface area contributed by atoms with E-state index in [1.54, 1.807) is 7.05 Å². The van der Waals surface area contributed by atoms with E-state index in [0.717, 1.165) is 5.56 Å². The minimum absolute atomic E-state index is 0.000231. The van der Waals surface area contributed by atoms with Crippen molar-refractivity contribution in [3.05, 3.63) is 35.1 Å². The van der Waals surface area contributed by atoms with Gasteiger partial charge >= 0.3 is 0 Å². The average Bonchev–Trinajstić information content (AvgIpc) is 2.34. The molecule has 5 heteroatoms. The van der Waals surface area contributed by atoms with Crippen molar-refractivity contribution in [1.29, 1.82) is 0 Å². The Morgan fingerprint density at radius 1 is 1.18 bits per heavy atom. The Bertz CT molecular complexity index is 582. The van der Waals surface area contributed by atoms with Gasteiger partial charge < -0.3 is 5.32 Å². The predicted octanol–water partition coefficient (Wildman–Crippen LogP) is 3.26. The third kappa shape index (κ3) is 1.81. The van der Waals surface area contributed by atoms with Crippen LogP contribution >= 0.6 is 0 Å². The third-order valence-electron chi connectivity index (χ3n) is 2.65. The van der Waals surface area contributed by atoms with Crippen molar-refractivity contribution in [3.63, 3.8) is 0 Å². The van der Waals surface area contributed by atoms with Gasteiger partial charge in [0.1, 0.15) is 17.2 Å². The molecule has 0 aliphatic carbocycles. The largest absolute Gasteiger partial charge is 0.373 e. The van der Waals surface area contributed by atoms with Gasteiger partial charge in [0.25, 0.3) is 0 Å². The zero-order chi connectivity index (χ0) is 12.6. The minimum Gasteiger partial charge on any atom is -0.373 e. The first-order valence-corrected chi connectivity index (χ1v) is 5.23. The van der Waals surface area contributed by atoms with E-state index < -0.39 is 17.5 Å². The van der Waals surface area contributed by atoms with Crippen LogP contribution < -0.4 is 5.32 Å². The minimum atomic E-state index is -1.23. The number of rotatable bonds is 2. The molecule has 17 heavy (non-hydrogen) atoms. The first-order valence-electron chi connectivity index (χ1n) is 5.23. The Labute approximate surface area is 96.5 Å². The molecule has 0 radical (unpaired) electrons. The maximum Gasteiger partial charge on any atom is 0.185 e. The smallest absolute Gasteiger partial charge is 0.185 e. The molecule has 90 valence electrons. The molecule has 0 saturated carbocycles. The Morgan fingerprint density at radius 3 is 2.47 bits per heavy atom. The average molecular weight is 240 g/mol. The van der Waals surface area contributed by atoms with Crippen LogP contribution in [0.25, 0.3) is 10.9 Å². The molecule has 0 unspecified atom stereocenters. The quantitative estimate of drug-likeness (QED) is 0.815. The van der Waals surface area contributed by atoms with Crippen LogP contribution in [0, 0.1) is 17.5 Å². The fourth-order valence-electron chi connectivity index (χ4n) is 1.76. The molecular formula is C12H11F3N2. The molecule has 0 amide bonds. The number of benzene rings is 1. The summed E-state index contributed by atoms with van der Waals surface area (Å²) < 4.78 is 40.1. The van der Waals surface area contributed by atoms with Crippen LogP contribution in [0.15, 0.2) is 12.1 Å². The summed E-state index contributed by atoms with van der Waals surface area (Å²) in [6.07, 6.45) is 0.623. The van der Waals surface area contributed by atoms with Crippen LogP contribution in [0.3, 0.4) is 0 Å². The number of halogens is 3. The van der Waals surface area contributed by atoms with E-state index >= 15 is 0 Å². The molecule has 2 nitrogen and oxygen atoms in total. The van der Waals surface area contributed by atoms with E-state index in [2.05, 4.69) is 10.3 Å². The highest BCUT2D eigenvalue weighted by molar-refractivity contribution is 5.83. The lowest BCUT2D eigenvalue weighted by atomic mass is 10.1. The maximum atomic E-state index is 13.5. The molecule has 0 saturated heterocycles. The van der Waals surface area contributed by atoms with Gasteiger partial charge in [-0.05, 0) is 18.1 Å². The summed E-state index contributed by atoms with van der Waals surface area (Å²) in [4.78, 5) is 3.92. The number of aromatic nitrogens is 1. The Kier molecular flexibility index (Phi) is 2.92. The van der Waals surface area contributed by atoms with E-state index in [-0.39, 0.29) is 10.9 Å². The van der Waals surface area contributed by atoms with Gasteiger partial charge in [-0.3, -0.25) is 0 Å². The molecule has 0 atom stereocenters. The van der Waals surface area contributed by atoms with Crippen molar-refractivity contribution in [1.82, 2.24) is 4.98 Å². The van der Waals surface area contributed by atoms with E-state index in [1.165, 1.54) is 6.07 Å². The Hall–Kier alpha value is -1.78. The van der Waals surface area contributed by atoms with Gasteiger partial charge in [0.05, 0.1) is 0 Å². The van der Waals surface area contributed by atoms with Crippen LogP contribution in [-0.2, 0) is 6.42 Å². The lowest BCUT2D eigenvalue weighted by molar-refractivity contribution is 0.504. The molecule has 0 spiro atoms. The number of pyridine rings is 1. The number of fused-ring (bicyclic) bond motifs is 1. The second kappa shape index (κ2) is 4.24. The molecular weight excluding hydrogens is 229 g/mol. The summed E-state index contributed by atoms with van der Waals surface area (Å²) in [5.41, 5.74) is 0.467. The van der Waals surface area contributed by atoms with E-state index in [4.69, 9.17) is 0 Å². The standard InChI is InChI=1S/C12H11F3N2/c1-3-6-4-7-8(13)5-9(14)10(15)11(7)17-12(6)16-2/h4-5H,3H2,1-2H3,(H,16,17). The summed E-state index contributed by atoms with van der Waals surface area (Å²) in [7, 11) is 1.63. The summed E-state index contributed by atoms with van der Waals surface area (Å²) in [5.74, 6) is -2.72.